The lowest BCUT2D eigenvalue weighted by molar-refractivity contribution is -0.265. The van der Waals surface area contributed by atoms with E-state index < -0.39 is 59.6 Å². The molecule has 4 aromatic rings. The summed E-state index contributed by atoms with van der Waals surface area (Å²) in [6.45, 7) is 1.22. The number of aromatic nitrogens is 2. The fourth-order valence-electron chi connectivity index (χ4n) is 5.07. The lowest BCUT2D eigenvalue weighted by Crippen LogP contribution is -2.51. The molecule has 0 bridgehead atoms. The van der Waals surface area contributed by atoms with Gasteiger partial charge >= 0.3 is 12.4 Å². The Kier molecular flexibility index (Phi) is 7.87. The Labute approximate surface area is 257 Å². The number of carbonyl (C=O) groups is 2. The lowest BCUT2D eigenvalue weighted by Gasteiger charge is -2.31. The Morgan fingerprint density at radius 1 is 1.09 bits per heavy atom. The van der Waals surface area contributed by atoms with Crippen LogP contribution in [0.2, 0.25) is 0 Å². The largest absolute Gasteiger partial charge is 0.494 e. The molecule has 0 saturated heterocycles. The van der Waals surface area contributed by atoms with Gasteiger partial charge in [0.25, 0.3) is 5.91 Å². The van der Waals surface area contributed by atoms with Crippen molar-refractivity contribution in [3.8, 4) is 22.8 Å². The van der Waals surface area contributed by atoms with Crippen molar-refractivity contribution >= 4 is 22.7 Å². The molecule has 1 aliphatic rings. The summed E-state index contributed by atoms with van der Waals surface area (Å²) in [5, 5.41) is 13.8. The number of pyridine rings is 2. The fraction of sp³-hybridized carbons (Fsp3) is 0.290. The Morgan fingerprint density at radius 3 is 2.35 bits per heavy atom. The monoisotopic (exact) mass is 648 g/mol. The molecule has 5 rings (SSSR count). The van der Waals surface area contributed by atoms with Gasteiger partial charge in [0.05, 0.1) is 24.9 Å². The number of primary amides is 1. The van der Waals surface area contributed by atoms with Gasteiger partial charge in [0.1, 0.15) is 34.7 Å². The maximum absolute atomic E-state index is 14.7. The molecule has 4 N–H and O–H groups in total. The maximum Gasteiger partial charge on any atom is 0.424 e. The number of carbonyl (C=O) groups excluding carboxylic acids is 2. The van der Waals surface area contributed by atoms with Crippen molar-refractivity contribution in [3.63, 3.8) is 0 Å². The number of hydrogen-bond donors (Lipinski definition) is 3. The SMILES string of the molecule is COc1cc(C(=O)NCC(O)(c2cc3c(c(-c4ccc(C(F)(F)F)cc4)n2)OC[C@]3(C)C(N)=O)C(F)(F)F)cc2cc(C)cnc12. The molecule has 15 heteroatoms. The van der Waals surface area contributed by atoms with E-state index in [1.165, 1.54) is 26.2 Å². The minimum absolute atomic E-state index is 0.0941. The number of fused-ring (bicyclic) bond motifs is 2. The van der Waals surface area contributed by atoms with Crippen LogP contribution >= 0.6 is 0 Å². The molecule has 242 valence electrons. The molecule has 2 aromatic heterocycles. The second-order valence-corrected chi connectivity index (χ2v) is 11.1. The predicted molar refractivity (Wildman–Crippen MR) is 152 cm³/mol. The third kappa shape index (κ3) is 5.55. The van der Waals surface area contributed by atoms with Crippen LogP contribution in [0.4, 0.5) is 26.3 Å². The molecule has 0 spiro atoms. The molecular weight excluding hydrogens is 622 g/mol. The quantitative estimate of drug-likeness (QED) is 0.241. The van der Waals surface area contributed by atoms with Gasteiger partial charge in [-0.15, -0.1) is 0 Å². The maximum atomic E-state index is 14.7. The summed E-state index contributed by atoms with van der Waals surface area (Å²) < 4.78 is 94.6. The van der Waals surface area contributed by atoms with E-state index >= 15 is 0 Å². The van der Waals surface area contributed by atoms with Gasteiger partial charge in [-0.3, -0.25) is 14.6 Å². The summed E-state index contributed by atoms with van der Waals surface area (Å²) in [6.07, 6.45) is -8.58. The second kappa shape index (κ2) is 11.2. The number of nitrogens with zero attached hydrogens (tertiary/aromatic N) is 2. The summed E-state index contributed by atoms with van der Waals surface area (Å²) in [5.74, 6) is -1.98. The van der Waals surface area contributed by atoms with Crippen molar-refractivity contribution in [1.29, 1.82) is 0 Å². The van der Waals surface area contributed by atoms with Gasteiger partial charge in [-0.1, -0.05) is 12.1 Å². The molecule has 2 aromatic carbocycles. The number of hydrogen-bond acceptors (Lipinski definition) is 7. The Bertz CT molecular complexity index is 1860. The molecule has 2 amide bonds. The number of aliphatic hydroxyl groups is 1. The van der Waals surface area contributed by atoms with Gasteiger partial charge in [0, 0.05) is 28.3 Å². The van der Waals surface area contributed by atoms with Crippen molar-refractivity contribution in [2.24, 2.45) is 5.73 Å². The standard InChI is InChI=1S/C31H26F6N4O5/c1-15-8-17-9-18(10-21(45-3)23(17)39-12-15)26(42)40-13-29(44,31(35,36)37)22-11-20-25(46-14-28(20,2)27(38)43)24(41-22)16-4-6-19(7-5-16)30(32,33)34/h4-12,44H,13-14H2,1-3H3,(H2,38,43)(H,40,42)/t28-,29?/m0/s1. The van der Waals surface area contributed by atoms with Crippen molar-refractivity contribution in [2.75, 3.05) is 20.3 Å². The number of aryl methyl sites for hydroxylation is 1. The van der Waals surface area contributed by atoms with Gasteiger partial charge in [0.15, 0.2) is 0 Å². The van der Waals surface area contributed by atoms with Crippen LogP contribution < -0.4 is 20.5 Å². The summed E-state index contributed by atoms with van der Waals surface area (Å²) in [4.78, 5) is 33.8. The van der Waals surface area contributed by atoms with Crippen LogP contribution in [0.3, 0.4) is 0 Å². The van der Waals surface area contributed by atoms with Crippen LogP contribution in [-0.2, 0) is 22.0 Å². The lowest BCUT2D eigenvalue weighted by atomic mass is 9.81. The predicted octanol–water partition coefficient (Wildman–Crippen LogP) is 4.95. The summed E-state index contributed by atoms with van der Waals surface area (Å²) >= 11 is 0. The Morgan fingerprint density at radius 2 is 1.76 bits per heavy atom. The van der Waals surface area contributed by atoms with Crippen molar-refractivity contribution in [1.82, 2.24) is 15.3 Å². The van der Waals surface area contributed by atoms with E-state index in [0.717, 1.165) is 23.8 Å². The number of benzene rings is 2. The van der Waals surface area contributed by atoms with Crippen LogP contribution in [-0.4, -0.2) is 53.3 Å². The topological polar surface area (TPSA) is 137 Å². The molecule has 3 heterocycles. The van der Waals surface area contributed by atoms with E-state index in [9.17, 15) is 41.0 Å². The minimum Gasteiger partial charge on any atom is -0.494 e. The first-order valence-electron chi connectivity index (χ1n) is 13.6. The van der Waals surface area contributed by atoms with Gasteiger partial charge in [-0.2, -0.15) is 26.3 Å². The average Bonchev–Trinajstić information content (AvgIpc) is 3.35. The van der Waals surface area contributed by atoms with Gasteiger partial charge in [0.2, 0.25) is 11.5 Å². The van der Waals surface area contributed by atoms with Crippen molar-refractivity contribution in [2.45, 2.75) is 37.2 Å². The number of ether oxygens (including phenoxy) is 2. The molecule has 9 nitrogen and oxygen atoms in total. The first-order chi connectivity index (χ1) is 21.4. The zero-order valence-corrected chi connectivity index (χ0v) is 24.4. The molecule has 0 saturated carbocycles. The number of nitrogens with two attached hydrogens (primary N) is 1. The highest BCUT2D eigenvalue weighted by atomic mass is 19.4. The van der Waals surface area contributed by atoms with E-state index in [1.807, 2.05) is 0 Å². The summed E-state index contributed by atoms with van der Waals surface area (Å²) in [6, 6.07) is 8.50. The third-order valence-corrected chi connectivity index (χ3v) is 7.87. The average molecular weight is 649 g/mol. The first kappa shape index (κ1) is 32.5. The van der Waals surface area contributed by atoms with E-state index in [2.05, 4.69) is 15.3 Å². The summed E-state index contributed by atoms with van der Waals surface area (Å²) in [5.41, 5.74) is -1.63. The molecule has 0 fully saturated rings. The Balaban J connectivity index is 1.60. The molecule has 2 atom stereocenters. The van der Waals surface area contributed by atoms with Crippen LogP contribution in [0, 0.1) is 6.92 Å². The normalized spacial score (nSPS) is 17.6. The number of nitrogens with one attached hydrogen (secondary N) is 1. The number of methoxy groups -OCH3 is 1. The fourth-order valence-corrected chi connectivity index (χ4v) is 5.07. The van der Waals surface area contributed by atoms with Gasteiger partial charge in [-0.05, 0) is 55.8 Å². The molecular formula is C31H26F6N4O5. The molecule has 0 aliphatic carbocycles. The summed E-state index contributed by atoms with van der Waals surface area (Å²) in [7, 11) is 1.33. The van der Waals surface area contributed by atoms with Crippen LogP contribution in [0.25, 0.3) is 22.2 Å². The number of halogens is 6. The van der Waals surface area contributed by atoms with Crippen molar-refractivity contribution < 1.29 is 50.5 Å². The Hall–Kier alpha value is -4.92. The minimum atomic E-state index is -5.45. The molecule has 46 heavy (non-hydrogen) atoms. The smallest absolute Gasteiger partial charge is 0.424 e. The highest BCUT2D eigenvalue weighted by Gasteiger charge is 2.57. The van der Waals surface area contributed by atoms with Gasteiger partial charge < -0.3 is 25.6 Å². The molecule has 1 aliphatic heterocycles. The first-order valence-corrected chi connectivity index (χ1v) is 13.6. The van der Waals surface area contributed by atoms with Crippen molar-refractivity contribution in [3.05, 3.63) is 82.7 Å². The molecule has 1 unspecified atom stereocenters. The third-order valence-electron chi connectivity index (χ3n) is 7.87. The van der Waals surface area contributed by atoms with E-state index in [-0.39, 0.29) is 33.9 Å². The highest BCUT2D eigenvalue weighted by Crippen LogP contribution is 2.48. The highest BCUT2D eigenvalue weighted by molar-refractivity contribution is 6.00. The zero-order chi connectivity index (χ0) is 33.8. The van der Waals surface area contributed by atoms with Crippen LogP contribution in [0.5, 0.6) is 11.5 Å². The van der Waals surface area contributed by atoms with E-state index in [0.29, 0.717) is 23.0 Å². The number of alkyl halides is 6. The van der Waals surface area contributed by atoms with Crippen LogP contribution in [0.1, 0.15) is 39.7 Å². The van der Waals surface area contributed by atoms with E-state index in [1.54, 1.807) is 19.2 Å². The number of rotatable bonds is 7. The zero-order valence-electron chi connectivity index (χ0n) is 24.4. The van der Waals surface area contributed by atoms with Crippen LogP contribution in [0.15, 0.2) is 54.7 Å². The van der Waals surface area contributed by atoms with E-state index in [4.69, 9.17) is 15.2 Å². The molecule has 0 radical (unpaired) electrons. The van der Waals surface area contributed by atoms with Gasteiger partial charge in [-0.25, -0.2) is 4.98 Å². The second-order valence-electron chi connectivity index (χ2n) is 11.1. The number of amides is 2.